The van der Waals surface area contributed by atoms with E-state index in [0.717, 1.165) is 5.69 Å². The monoisotopic (exact) mass is 268 g/mol. The zero-order valence-corrected chi connectivity index (χ0v) is 10.8. The number of rotatable bonds is 3. The fraction of sp³-hybridized carbons (Fsp3) is 0.0769. The Balaban J connectivity index is 1.83. The van der Waals surface area contributed by atoms with Gasteiger partial charge in [0.15, 0.2) is 0 Å². The lowest BCUT2D eigenvalue weighted by Gasteiger charge is -2.05. The minimum absolute atomic E-state index is 0.259. The Hall–Kier alpha value is -2.96. The van der Waals surface area contributed by atoms with Gasteiger partial charge in [0, 0.05) is 25.0 Å². The van der Waals surface area contributed by atoms with Crippen LogP contribution in [0.25, 0.3) is 5.69 Å². The van der Waals surface area contributed by atoms with Crippen LogP contribution in [0.4, 0.5) is 5.95 Å². The van der Waals surface area contributed by atoms with Crippen LogP contribution in [0, 0.1) is 0 Å². The molecule has 0 bridgehead atoms. The smallest absolute Gasteiger partial charge is 0.258 e. The number of anilines is 1. The topological polar surface area (TPSA) is 77.6 Å². The Kier molecular flexibility index (Phi) is 3.00. The van der Waals surface area contributed by atoms with Crippen LogP contribution in [-0.4, -0.2) is 30.5 Å². The minimum atomic E-state index is -0.259. The van der Waals surface area contributed by atoms with E-state index in [1.54, 1.807) is 36.1 Å². The summed E-state index contributed by atoms with van der Waals surface area (Å²) in [6, 6.07) is 8.99. The van der Waals surface area contributed by atoms with E-state index >= 15 is 0 Å². The second kappa shape index (κ2) is 4.96. The first-order valence-electron chi connectivity index (χ1n) is 5.99. The van der Waals surface area contributed by atoms with Gasteiger partial charge in [-0.05, 0) is 24.3 Å². The summed E-state index contributed by atoms with van der Waals surface area (Å²) in [5, 5.41) is 10.8. The van der Waals surface area contributed by atoms with E-state index < -0.39 is 0 Å². The highest BCUT2D eigenvalue weighted by Gasteiger charge is 2.09. The van der Waals surface area contributed by atoms with Gasteiger partial charge in [0.2, 0.25) is 5.95 Å². The summed E-state index contributed by atoms with van der Waals surface area (Å²) in [6.45, 7) is 0. The molecule has 0 aliphatic carbocycles. The van der Waals surface area contributed by atoms with Crippen LogP contribution >= 0.6 is 0 Å². The summed E-state index contributed by atoms with van der Waals surface area (Å²) in [4.78, 5) is 16.1. The fourth-order valence-electron chi connectivity index (χ4n) is 1.78. The minimum Gasteiger partial charge on any atom is -0.289 e. The van der Waals surface area contributed by atoms with Crippen LogP contribution in [-0.2, 0) is 7.05 Å². The average molecular weight is 268 g/mol. The van der Waals surface area contributed by atoms with Crippen molar-refractivity contribution >= 4 is 11.9 Å². The molecule has 0 aliphatic heterocycles. The highest BCUT2D eigenvalue weighted by molar-refractivity contribution is 6.03. The molecule has 0 radical (unpaired) electrons. The molecule has 1 amide bonds. The molecule has 0 spiro atoms. The maximum Gasteiger partial charge on any atom is 0.258 e. The molecular formula is C13H12N6O. The number of amides is 1. The van der Waals surface area contributed by atoms with Crippen molar-refractivity contribution in [3.8, 4) is 5.69 Å². The summed E-state index contributed by atoms with van der Waals surface area (Å²) < 4.78 is 3.21. The Morgan fingerprint density at radius 2 is 2.20 bits per heavy atom. The lowest BCUT2D eigenvalue weighted by Crippen LogP contribution is -2.13. The normalized spacial score (nSPS) is 10.4. The Morgan fingerprint density at radius 3 is 2.90 bits per heavy atom. The SMILES string of the molecule is Cn1cnc(NC(=O)c2cccc(-n3cccn3)c2)n1. The van der Waals surface area contributed by atoms with Gasteiger partial charge in [-0.1, -0.05) is 6.07 Å². The highest BCUT2D eigenvalue weighted by atomic mass is 16.1. The standard InChI is InChI=1S/C13H12N6O/c1-18-9-14-13(17-18)16-12(20)10-4-2-5-11(8-10)19-7-3-6-15-19/h2-9H,1H3,(H,16,17,20). The number of nitrogens with zero attached hydrogens (tertiary/aromatic N) is 5. The average Bonchev–Trinajstić information content (AvgIpc) is 3.11. The summed E-state index contributed by atoms with van der Waals surface area (Å²) in [7, 11) is 1.74. The van der Waals surface area contributed by atoms with E-state index in [4.69, 9.17) is 0 Å². The van der Waals surface area contributed by atoms with Crippen LogP contribution in [0.2, 0.25) is 0 Å². The van der Waals surface area contributed by atoms with Gasteiger partial charge in [-0.2, -0.15) is 5.10 Å². The van der Waals surface area contributed by atoms with Gasteiger partial charge in [-0.3, -0.25) is 14.8 Å². The number of benzene rings is 1. The number of nitrogens with one attached hydrogen (secondary N) is 1. The van der Waals surface area contributed by atoms with E-state index in [-0.39, 0.29) is 11.9 Å². The summed E-state index contributed by atoms with van der Waals surface area (Å²) in [5.41, 5.74) is 1.34. The molecule has 0 saturated carbocycles. The predicted molar refractivity (Wildman–Crippen MR) is 72.5 cm³/mol. The van der Waals surface area contributed by atoms with Crippen molar-refractivity contribution in [2.24, 2.45) is 7.05 Å². The molecule has 7 heteroatoms. The molecule has 3 aromatic rings. The zero-order chi connectivity index (χ0) is 13.9. The third-order valence-electron chi connectivity index (χ3n) is 2.70. The lowest BCUT2D eigenvalue weighted by atomic mass is 10.2. The summed E-state index contributed by atoms with van der Waals surface area (Å²) in [6.07, 6.45) is 5.03. The van der Waals surface area contributed by atoms with E-state index in [9.17, 15) is 4.79 Å². The number of hydrogen-bond donors (Lipinski definition) is 1. The van der Waals surface area contributed by atoms with E-state index in [0.29, 0.717) is 5.56 Å². The fourth-order valence-corrected chi connectivity index (χ4v) is 1.78. The van der Waals surface area contributed by atoms with Crippen LogP contribution < -0.4 is 5.32 Å². The number of hydrogen-bond acceptors (Lipinski definition) is 4. The third-order valence-corrected chi connectivity index (χ3v) is 2.70. The van der Waals surface area contributed by atoms with Crippen molar-refractivity contribution in [2.45, 2.75) is 0 Å². The first kappa shape index (κ1) is 12.1. The van der Waals surface area contributed by atoms with Gasteiger partial charge in [0.05, 0.1) is 5.69 Å². The molecule has 0 aliphatic rings. The van der Waals surface area contributed by atoms with Crippen molar-refractivity contribution in [2.75, 3.05) is 5.32 Å². The van der Waals surface area contributed by atoms with Crippen molar-refractivity contribution < 1.29 is 4.79 Å². The van der Waals surface area contributed by atoms with E-state index in [1.165, 1.54) is 11.0 Å². The number of carbonyl (C=O) groups excluding carboxylic acids is 1. The van der Waals surface area contributed by atoms with Crippen LogP contribution in [0.5, 0.6) is 0 Å². The van der Waals surface area contributed by atoms with Crippen LogP contribution in [0.1, 0.15) is 10.4 Å². The number of carbonyl (C=O) groups is 1. The van der Waals surface area contributed by atoms with Gasteiger partial charge >= 0.3 is 0 Å². The highest BCUT2D eigenvalue weighted by Crippen LogP contribution is 2.11. The maximum absolute atomic E-state index is 12.1. The molecule has 7 nitrogen and oxygen atoms in total. The van der Waals surface area contributed by atoms with Gasteiger partial charge in [-0.25, -0.2) is 9.67 Å². The third kappa shape index (κ3) is 2.41. The first-order chi connectivity index (χ1) is 9.72. The molecule has 0 unspecified atom stereocenters. The largest absolute Gasteiger partial charge is 0.289 e. The molecule has 1 aromatic carbocycles. The second-order valence-electron chi connectivity index (χ2n) is 4.20. The molecular weight excluding hydrogens is 256 g/mol. The quantitative estimate of drug-likeness (QED) is 0.775. The lowest BCUT2D eigenvalue weighted by molar-refractivity contribution is 0.102. The van der Waals surface area contributed by atoms with E-state index in [2.05, 4.69) is 20.5 Å². The Bertz CT molecular complexity index is 731. The Labute approximate surface area is 114 Å². The number of aromatic nitrogens is 5. The molecule has 2 aromatic heterocycles. The molecule has 2 heterocycles. The van der Waals surface area contributed by atoms with Crippen molar-refractivity contribution in [1.82, 2.24) is 24.5 Å². The van der Waals surface area contributed by atoms with Gasteiger partial charge in [-0.15, -0.1) is 5.10 Å². The van der Waals surface area contributed by atoms with E-state index in [1.807, 2.05) is 18.3 Å². The molecule has 3 rings (SSSR count). The molecule has 0 fully saturated rings. The molecule has 0 atom stereocenters. The van der Waals surface area contributed by atoms with Crippen molar-refractivity contribution in [1.29, 1.82) is 0 Å². The first-order valence-corrected chi connectivity index (χ1v) is 5.99. The molecule has 100 valence electrons. The van der Waals surface area contributed by atoms with Gasteiger partial charge < -0.3 is 0 Å². The molecule has 1 N–H and O–H groups in total. The maximum atomic E-state index is 12.1. The summed E-state index contributed by atoms with van der Waals surface area (Å²) >= 11 is 0. The predicted octanol–water partition coefficient (Wildman–Crippen LogP) is 1.25. The van der Waals surface area contributed by atoms with Crippen molar-refractivity contribution in [3.05, 3.63) is 54.6 Å². The van der Waals surface area contributed by atoms with Crippen molar-refractivity contribution in [3.63, 3.8) is 0 Å². The second-order valence-corrected chi connectivity index (χ2v) is 4.20. The Morgan fingerprint density at radius 1 is 1.30 bits per heavy atom. The van der Waals surface area contributed by atoms with Gasteiger partial charge in [0.25, 0.3) is 5.91 Å². The zero-order valence-electron chi connectivity index (χ0n) is 10.8. The van der Waals surface area contributed by atoms with Crippen LogP contribution in [0.15, 0.2) is 49.1 Å². The summed E-state index contributed by atoms with van der Waals surface area (Å²) in [5.74, 6) is 0.0206. The van der Waals surface area contributed by atoms with Crippen LogP contribution in [0.3, 0.4) is 0 Å². The number of aryl methyl sites for hydroxylation is 1. The molecule has 0 saturated heterocycles. The molecule has 20 heavy (non-hydrogen) atoms. The van der Waals surface area contributed by atoms with Gasteiger partial charge in [0.1, 0.15) is 6.33 Å².